The molecule has 350 valence electrons. The highest BCUT2D eigenvalue weighted by Crippen LogP contribution is 2.43. The summed E-state index contributed by atoms with van der Waals surface area (Å²) in [6, 6.07) is -0.884. The molecule has 8 nitrogen and oxygen atoms in total. The molecule has 0 heterocycles. The third kappa shape index (κ3) is 44.3. The van der Waals surface area contributed by atoms with Crippen LogP contribution in [0.1, 0.15) is 226 Å². The van der Waals surface area contributed by atoms with Gasteiger partial charge in [0, 0.05) is 13.0 Å². The minimum Gasteiger partial charge on any atom is -0.387 e. The van der Waals surface area contributed by atoms with E-state index in [1.807, 2.05) is 6.08 Å². The van der Waals surface area contributed by atoms with Crippen LogP contribution in [-0.4, -0.2) is 47.8 Å². The maximum absolute atomic E-state index is 12.8. The van der Waals surface area contributed by atoms with E-state index in [0.29, 0.717) is 6.42 Å². The van der Waals surface area contributed by atoms with Gasteiger partial charge in [0.05, 0.1) is 25.4 Å². The first-order valence-electron chi connectivity index (χ1n) is 24.9. The van der Waals surface area contributed by atoms with Crippen LogP contribution < -0.4 is 11.1 Å². The largest absolute Gasteiger partial charge is 0.472 e. The van der Waals surface area contributed by atoms with Crippen LogP contribution in [0.4, 0.5) is 0 Å². The molecular formula is C51H95N2O6P. The summed E-state index contributed by atoms with van der Waals surface area (Å²) in [6.07, 6.45) is 59.9. The van der Waals surface area contributed by atoms with Gasteiger partial charge in [0.2, 0.25) is 5.91 Å². The molecule has 0 aliphatic carbocycles. The van der Waals surface area contributed by atoms with Crippen molar-refractivity contribution in [3.8, 4) is 0 Å². The summed E-state index contributed by atoms with van der Waals surface area (Å²) in [5.74, 6) is -0.212. The van der Waals surface area contributed by atoms with Gasteiger partial charge in [0.1, 0.15) is 0 Å². The Morgan fingerprint density at radius 1 is 0.550 bits per heavy atom. The van der Waals surface area contributed by atoms with Gasteiger partial charge in [0.15, 0.2) is 0 Å². The number of carbonyl (C=O) groups is 1. The third-order valence-corrected chi connectivity index (χ3v) is 11.8. The first-order chi connectivity index (χ1) is 29.4. The molecule has 0 spiro atoms. The van der Waals surface area contributed by atoms with Crippen LogP contribution in [0.5, 0.6) is 0 Å². The Labute approximate surface area is 370 Å². The summed E-state index contributed by atoms with van der Waals surface area (Å²) in [5.41, 5.74) is 5.39. The quantitative estimate of drug-likeness (QED) is 0.0272. The summed E-state index contributed by atoms with van der Waals surface area (Å²) in [5, 5.41) is 13.7. The molecule has 0 bridgehead atoms. The topological polar surface area (TPSA) is 131 Å². The maximum Gasteiger partial charge on any atom is 0.472 e. The summed E-state index contributed by atoms with van der Waals surface area (Å²) < 4.78 is 22.2. The van der Waals surface area contributed by atoms with E-state index in [9.17, 15) is 19.4 Å². The van der Waals surface area contributed by atoms with Crippen molar-refractivity contribution in [3.63, 3.8) is 0 Å². The lowest BCUT2D eigenvalue weighted by Crippen LogP contribution is -2.45. The van der Waals surface area contributed by atoms with Crippen molar-refractivity contribution in [2.75, 3.05) is 19.8 Å². The van der Waals surface area contributed by atoms with E-state index in [1.54, 1.807) is 6.08 Å². The average Bonchev–Trinajstić information content (AvgIpc) is 3.24. The number of unbranched alkanes of at least 4 members (excludes halogenated alkanes) is 26. The normalized spacial score (nSPS) is 14.4. The fourth-order valence-corrected chi connectivity index (χ4v) is 7.80. The van der Waals surface area contributed by atoms with E-state index >= 15 is 0 Å². The Bertz CT molecular complexity index is 1120. The summed E-state index contributed by atoms with van der Waals surface area (Å²) in [4.78, 5) is 22.8. The van der Waals surface area contributed by atoms with Gasteiger partial charge in [-0.25, -0.2) is 4.57 Å². The first kappa shape index (κ1) is 58.2. The molecule has 0 aromatic carbocycles. The molecular weight excluding hydrogens is 768 g/mol. The zero-order valence-electron chi connectivity index (χ0n) is 38.9. The van der Waals surface area contributed by atoms with Crippen molar-refractivity contribution in [2.45, 2.75) is 238 Å². The monoisotopic (exact) mass is 863 g/mol. The predicted molar refractivity (Wildman–Crippen MR) is 258 cm³/mol. The molecule has 60 heavy (non-hydrogen) atoms. The average molecular weight is 863 g/mol. The Morgan fingerprint density at radius 3 is 1.40 bits per heavy atom. The van der Waals surface area contributed by atoms with Crippen LogP contribution in [-0.2, 0) is 18.4 Å². The van der Waals surface area contributed by atoms with Gasteiger partial charge in [-0.3, -0.25) is 13.8 Å². The lowest BCUT2D eigenvalue weighted by Gasteiger charge is -2.23. The molecule has 3 unspecified atom stereocenters. The van der Waals surface area contributed by atoms with Gasteiger partial charge < -0.3 is 21.1 Å². The second-order valence-corrected chi connectivity index (χ2v) is 18.1. The van der Waals surface area contributed by atoms with Gasteiger partial charge in [-0.1, -0.05) is 209 Å². The predicted octanol–water partition coefficient (Wildman–Crippen LogP) is 14.6. The van der Waals surface area contributed by atoms with E-state index < -0.39 is 20.0 Å². The van der Waals surface area contributed by atoms with Crippen LogP contribution in [0.25, 0.3) is 0 Å². The van der Waals surface area contributed by atoms with Crippen molar-refractivity contribution in [3.05, 3.63) is 60.8 Å². The van der Waals surface area contributed by atoms with Gasteiger partial charge in [-0.15, -0.1) is 0 Å². The molecule has 0 aromatic rings. The summed E-state index contributed by atoms with van der Waals surface area (Å²) in [6.45, 7) is 4.11. The second-order valence-electron chi connectivity index (χ2n) is 16.7. The zero-order chi connectivity index (χ0) is 43.9. The molecule has 0 saturated carbocycles. The number of aliphatic hydroxyl groups excluding tert-OH is 1. The second kappa shape index (κ2) is 46.7. The van der Waals surface area contributed by atoms with Crippen molar-refractivity contribution < 1.29 is 28.4 Å². The fourth-order valence-electron chi connectivity index (χ4n) is 7.04. The number of aliphatic hydroxyl groups is 1. The lowest BCUT2D eigenvalue weighted by molar-refractivity contribution is -0.123. The number of nitrogens with two attached hydrogens (primary N) is 1. The van der Waals surface area contributed by atoms with E-state index in [-0.39, 0.29) is 25.7 Å². The number of amides is 1. The number of rotatable bonds is 46. The molecule has 0 rings (SSSR count). The summed E-state index contributed by atoms with van der Waals surface area (Å²) >= 11 is 0. The van der Waals surface area contributed by atoms with Crippen LogP contribution in [0.3, 0.4) is 0 Å². The Morgan fingerprint density at radius 2 is 0.933 bits per heavy atom. The minimum absolute atomic E-state index is 0.0706. The van der Waals surface area contributed by atoms with E-state index in [0.717, 1.165) is 57.8 Å². The smallest absolute Gasteiger partial charge is 0.387 e. The molecule has 3 atom stereocenters. The van der Waals surface area contributed by atoms with Crippen LogP contribution in [0, 0.1) is 0 Å². The molecule has 0 aromatic heterocycles. The van der Waals surface area contributed by atoms with Crippen molar-refractivity contribution in [1.82, 2.24) is 5.32 Å². The van der Waals surface area contributed by atoms with Crippen LogP contribution in [0.2, 0.25) is 0 Å². The molecule has 1 amide bonds. The number of hydrogen-bond acceptors (Lipinski definition) is 6. The molecule has 0 radical (unpaired) electrons. The number of hydrogen-bond donors (Lipinski definition) is 4. The number of nitrogens with one attached hydrogen (secondary N) is 1. The standard InChI is InChI=1S/C51H95N2O6P/c1-3-5-7-9-11-13-15-17-19-21-23-24-25-26-27-29-31-33-35-37-39-41-43-45-51(55)53-49(48-59-60(56,57)58-47-46-52)50(54)44-42-40-38-36-34-32-30-28-22-20-18-16-14-12-10-8-6-4-2/h15,17,21,23,25-26,34,36,42,44,49-50,54H,3-14,16,18-20,22,24,27-33,35,37-41,43,45-48,52H2,1-2H3,(H,53,55)(H,56,57)/b17-15-,23-21-,26-25-,36-34+,44-42+. The highest BCUT2D eigenvalue weighted by Gasteiger charge is 2.26. The lowest BCUT2D eigenvalue weighted by atomic mass is 10.0. The van der Waals surface area contributed by atoms with E-state index in [2.05, 4.69) is 67.8 Å². The Balaban J connectivity index is 4.19. The van der Waals surface area contributed by atoms with Crippen molar-refractivity contribution in [1.29, 1.82) is 0 Å². The highest BCUT2D eigenvalue weighted by molar-refractivity contribution is 7.47. The van der Waals surface area contributed by atoms with Crippen molar-refractivity contribution in [2.24, 2.45) is 5.73 Å². The van der Waals surface area contributed by atoms with Crippen LogP contribution in [0.15, 0.2) is 60.8 Å². The molecule has 0 aliphatic heterocycles. The number of allylic oxidation sites excluding steroid dienone is 9. The first-order valence-corrected chi connectivity index (χ1v) is 26.4. The van der Waals surface area contributed by atoms with E-state index in [1.165, 1.54) is 148 Å². The molecule has 9 heteroatoms. The van der Waals surface area contributed by atoms with Gasteiger partial charge in [-0.05, 0) is 70.6 Å². The number of carbonyl (C=O) groups excluding carboxylic acids is 1. The highest BCUT2D eigenvalue weighted by atomic mass is 31.2. The summed E-state index contributed by atoms with van der Waals surface area (Å²) in [7, 11) is -4.36. The Hall–Kier alpha value is -1.80. The number of phosphoric acid groups is 1. The number of phosphoric ester groups is 1. The van der Waals surface area contributed by atoms with E-state index in [4.69, 9.17) is 14.8 Å². The minimum atomic E-state index is -4.36. The SMILES string of the molecule is CCCCCCC/C=C\C/C=C\C/C=C\CCCCCCCCCCC(=O)NC(COP(=O)(O)OCCN)C(O)/C=C/CC/C=C/CCCCCCCCCCCCCC. The van der Waals surface area contributed by atoms with Crippen molar-refractivity contribution >= 4 is 13.7 Å². The molecule has 0 saturated heterocycles. The maximum atomic E-state index is 12.8. The molecule has 0 aliphatic rings. The van der Waals surface area contributed by atoms with Crippen LogP contribution >= 0.6 is 7.82 Å². The fraction of sp³-hybridized carbons (Fsp3) is 0.784. The zero-order valence-corrected chi connectivity index (χ0v) is 39.8. The van der Waals surface area contributed by atoms with Gasteiger partial charge in [0.25, 0.3) is 0 Å². The molecule has 0 fully saturated rings. The third-order valence-electron chi connectivity index (χ3n) is 10.8. The molecule has 5 N–H and O–H groups in total. The van der Waals surface area contributed by atoms with Gasteiger partial charge >= 0.3 is 7.82 Å². The van der Waals surface area contributed by atoms with Gasteiger partial charge in [-0.2, -0.15) is 0 Å². The Kier molecular flexibility index (Phi) is 45.3.